The van der Waals surface area contributed by atoms with Crippen molar-refractivity contribution in [2.75, 3.05) is 19.6 Å². The fourth-order valence-electron chi connectivity index (χ4n) is 3.71. The molecule has 0 saturated carbocycles. The number of amides is 1. The first-order valence-electron chi connectivity index (χ1n) is 9.10. The number of benzene rings is 1. The van der Waals surface area contributed by atoms with E-state index in [1.54, 1.807) is 43.5 Å². The van der Waals surface area contributed by atoms with Crippen LogP contribution in [0, 0.1) is 0 Å². The largest absolute Gasteiger partial charge is 0.342 e. The molecular weight excluding hydrogens is 364 g/mol. The minimum atomic E-state index is -3.51. The van der Waals surface area contributed by atoms with E-state index in [2.05, 4.69) is 4.98 Å². The Kier molecular flexibility index (Phi) is 4.69. The molecule has 0 bridgehead atoms. The van der Waals surface area contributed by atoms with E-state index in [0.717, 1.165) is 30.0 Å². The van der Waals surface area contributed by atoms with Gasteiger partial charge in [0.25, 0.3) is 0 Å². The Morgan fingerprint density at radius 1 is 1.19 bits per heavy atom. The van der Waals surface area contributed by atoms with Gasteiger partial charge in [0.2, 0.25) is 15.9 Å². The van der Waals surface area contributed by atoms with Crippen LogP contribution in [0.25, 0.3) is 0 Å². The van der Waals surface area contributed by atoms with Crippen molar-refractivity contribution < 1.29 is 13.2 Å². The van der Waals surface area contributed by atoms with E-state index in [1.807, 2.05) is 4.90 Å². The van der Waals surface area contributed by atoms with E-state index in [1.165, 1.54) is 4.31 Å². The van der Waals surface area contributed by atoms with Gasteiger partial charge in [-0.3, -0.25) is 4.79 Å². The van der Waals surface area contributed by atoms with Crippen molar-refractivity contribution in [2.45, 2.75) is 37.1 Å². The van der Waals surface area contributed by atoms with Crippen LogP contribution in [-0.2, 0) is 27.8 Å². The first-order valence-corrected chi connectivity index (χ1v) is 10.5. The van der Waals surface area contributed by atoms with Crippen molar-refractivity contribution in [3.8, 4) is 0 Å². The summed E-state index contributed by atoms with van der Waals surface area (Å²) in [5.74, 6) is 0.999. The molecule has 2 aromatic rings. The highest BCUT2D eigenvalue weighted by Crippen LogP contribution is 2.28. The second-order valence-corrected chi connectivity index (χ2v) is 8.99. The van der Waals surface area contributed by atoms with E-state index in [9.17, 15) is 13.2 Å². The minimum Gasteiger partial charge on any atom is -0.342 e. The summed E-state index contributed by atoms with van der Waals surface area (Å²) in [6.07, 6.45) is 3.19. The molecule has 1 atom stereocenters. The average molecular weight is 386 g/mol. The van der Waals surface area contributed by atoms with E-state index >= 15 is 0 Å². The minimum absolute atomic E-state index is 0.0808. The monoisotopic (exact) mass is 386 g/mol. The molecule has 142 valence electrons. The summed E-state index contributed by atoms with van der Waals surface area (Å²) < 4.78 is 27.1. The third-order valence-corrected chi connectivity index (χ3v) is 7.16. The zero-order valence-corrected chi connectivity index (χ0v) is 16.0. The molecule has 4 rings (SSSR count). The lowest BCUT2D eigenvalue weighted by Gasteiger charge is -2.27. The number of sulfonamides is 1. The quantitative estimate of drug-likeness (QED) is 0.799. The normalized spacial score (nSPS) is 20.5. The molecule has 1 aromatic heterocycles. The SMILES string of the molecule is CC(=O)N1CC[C@@H](c2ncc3c(n2)CCN(S(=O)(=O)c2ccccc2)C3)C1. The summed E-state index contributed by atoms with van der Waals surface area (Å²) in [7, 11) is -3.51. The van der Waals surface area contributed by atoms with Crippen LogP contribution < -0.4 is 0 Å². The van der Waals surface area contributed by atoms with Crippen LogP contribution in [0.1, 0.15) is 36.3 Å². The molecular formula is C19H22N4O3S. The van der Waals surface area contributed by atoms with Crippen LogP contribution in [-0.4, -0.2) is 53.1 Å². The van der Waals surface area contributed by atoms with Crippen molar-refractivity contribution in [1.82, 2.24) is 19.2 Å². The zero-order valence-electron chi connectivity index (χ0n) is 15.2. The Bertz CT molecular complexity index is 962. The molecule has 1 fully saturated rings. The second-order valence-electron chi connectivity index (χ2n) is 7.05. The molecule has 0 aliphatic carbocycles. The van der Waals surface area contributed by atoms with Gasteiger partial charge in [-0.25, -0.2) is 18.4 Å². The molecule has 1 saturated heterocycles. The third-order valence-electron chi connectivity index (χ3n) is 5.30. The summed E-state index contributed by atoms with van der Waals surface area (Å²) in [4.78, 5) is 22.8. The van der Waals surface area contributed by atoms with Gasteiger partial charge in [-0.05, 0) is 18.6 Å². The maximum absolute atomic E-state index is 12.8. The molecule has 3 heterocycles. The first-order chi connectivity index (χ1) is 12.9. The van der Waals surface area contributed by atoms with Gasteiger partial charge in [-0.2, -0.15) is 4.31 Å². The smallest absolute Gasteiger partial charge is 0.243 e. The van der Waals surface area contributed by atoms with Crippen LogP contribution in [0.5, 0.6) is 0 Å². The lowest BCUT2D eigenvalue weighted by Crippen LogP contribution is -2.36. The van der Waals surface area contributed by atoms with Crippen molar-refractivity contribution in [3.63, 3.8) is 0 Å². The van der Waals surface area contributed by atoms with Gasteiger partial charge in [-0.15, -0.1) is 0 Å². The summed E-state index contributed by atoms with van der Waals surface area (Å²) in [6.45, 7) is 3.67. The highest BCUT2D eigenvalue weighted by Gasteiger charge is 2.31. The molecule has 8 heteroatoms. The van der Waals surface area contributed by atoms with Gasteiger partial charge in [0.1, 0.15) is 5.82 Å². The maximum Gasteiger partial charge on any atom is 0.243 e. The highest BCUT2D eigenvalue weighted by atomic mass is 32.2. The lowest BCUT2D eigenvalue weighted by molar-refractivity contribution is -0.127. The molecule has 27 heavy (non-hydrogen) atoms. The van der Waals surface area contributed by atoms with E-state index < -0.39 is 10.0 Å². The van der Waals surface area contributed by atoms with Gasteiger partial charge < -0.3 is 4.90 Å². The standard InChI is InChI=1S/C19H22N4O3S/c1-14(24)22-9-7-15(12-22)19-20-11-16-13-23(10-8-18(16)21-19)27(25,26)17-5-3-2-4-6-17/h2-6,11,15H,7-10,12-13H2,1H3/t15-/m1/s1. The van der Waals surface area contributed by atoms with Crippen LogP contribution >= 0.6 is 0 Å². The molecule has 2 aliphatic rings. The summed E-state index contributed by atoms with van der Waals surface area (Å²) in [6, 6.07) is 8.49. The number of hydrogen-bond acceptors (Lipinski definition) is 5. The number of nitrogens with zero attached hydrogens (tertiary/aromatic N) is 4. The maximum atomic E-state index is 12.8. The summed E-state index contributed by atoms with van der Waals surface area (Å²) in [5.41, 5.74) is 1.77. The molecule has 0 unspecified atom stereocenters. The van der Waals surface area contributed by atoms with Gasteiger partial charge in [0.05, 0.1) is 4.90 Å². The Hall–Kier alpha value is -2.32. The predicted molar refractivity (Wildman–Crippen MR) is 99.4 cm³/mol. The van der Waals surface area contributed by atoms with E-state index in [-0.39, 0.29) is 18.4 Å². The number of likely N-dealkylation sites (tertiary alicyclic amines) is 1. The van der Waals surface area contributed by atoms with Gasteiger partial charge >= 0.3 is 0 Å². The van der Waals surface area contributed by atoms with Crippen molar-refractivity contribution >= 4 is 15.9 Å². The Morgan fingerprint density at radius 3 is 2.67 bits per heavy atom. The second kappa shape index (κ2) is 7.01. The summed E-state index contributed by atoms with van der Waals surface area (Å²) >= 11 is 0. The highest BCUT2D eigenvalue weighted by molar-refractivity contribution is 7.89. The number of carbonyl (C=O) groups is 1. The van der Waals surface area contributed by atoms with Crippen LogP contribution in [0.3, 0.4) is 0 Å². The van der Waals surface area contributed by atoms with Crippen molar-refractivity contribution in [2.24, 2.45) is 0 Å². The Morgan fingerprint density at radius 2 is 1.96 bits per heavy atom. The Labute approximate surface area is 159 Å². The topological polar surface area (TPSA) is 83.5 Å². The fourth-order valence-corrected chi connectivity index (χ4v) is 5.15. The van der Waals surface area contributed by atoms with E-state index in [4.69, 9.17) is 4.98 Å². The molecule has 7 nitrogen and oxygen atoms in total. The average Bonchev–Trinajstić information content (AvgIpc) is 3.18. The van der Waals surface area contributed by atoms with Crippen LogP contribution in [0.15, 0.2) is 41.4 Å². The Balaban J connectivity index is 1.53. The molecule has 2 aliphatic heterocycles. The van der Waals surface area contributed by atoms with Gasteiger partial charge in [0, 0.05) is 62.9 Å². The van der Waals surface area contributed by atoms with E-state index in [0.29, 0.717) is 24.4 Å². The number of fused-ring (bicyclic) bond motifs is 1. The van der Waals surface area contributed by atoms with Crippen molar-refractivity contribution in [1.29, 1.82) is 0 Å². The molecule has 0 spiro atoms. The fraction of sp³-hybridized carbons (Fsp3) is 0.421. The van der Waals surface area contributed by atoms with Crippen LogP contribution in [0.2, 0.25) is 0 Å². The van der Waals surface area contributed by atoms with Crippen molar-refractivity contribution in [3.05, 3.63) is 53.6 Å². The molecule has 1 amide bonds. The van der Waals surface area contributed by atoms with Gasteiger partial charge in [-0.1, -0.05) is 18.2 Å². The number of aromatic nitrogens is 2. The molecule has 1 aromatic carbocycles. The summed E-state index contributed by atoms with van der Waals surface area (Å²) in [5, 5.41) is 0. The number of rotatable bonds is 3. The number of carbonyl (C=O) groups excluding carboxylic acids is 1. The lowest BCUT2D eigenvalue weighted by atomic mass is 10.1. The molecule has 0 radical (unpaired) electrons. The number of hydrogen-bond donors (Lipinski definition) is 0. The van der Waals surface area contributed by atoms with Gasteiger partial charge in [0.15, 0.2) is 0 Å². The molecule has 0 N–H and O–H groups in total. The van der Waals surface area contributed by atoms with Crippen LogP contribution in [0.4, 0.5) is 0 Å². The third kappa shape index (κ3) is 3.46. The predicted octanol–water partition coefficient (Wildman–Crippen LogP) is 1.56. The zero-order chi connectivity index (χ0) is 19.0. The first kappa shape index (κ1) is 18.1.